The largest absolute Gasteiger partial charge is 0.351 e. The van der Waals surface area contributed by atoms with Gasteiger partial charge in [-0.2, -0.15) is 0 Å². The van der Waals surface area contributed by atoms with Crippen molar-refractivity contribution in [1.82, 2.24) is 0 Å². The van der Waals surface area contributed by atoms with E-state index in [1.807, 2.05) is 25.1 Å². The predicted molar refractivity (Wildman–Crippen MR) is 85.6 cm³/mol. The highest BCUT2D eigenvalue weighted by Crippen LogP contribution is 2.36. The fourth-order valence-electron chi connectivity index (χ4n) is 3.04. The van der Waals surface area contributed by atoms with Crippen LogP contribution in [0.2, 0.25) is 5.02 Å². The Morgan fingerprint density at radius 1 is 1.00 bits per heavy atom. The highest BCUT2D eigenvalue weighted by molar-refractivity contribution is 6.32. The summed E-state index contributed by atoms with van der Waals surface area (Å²) in [5, 5.41) is 3.59. The molecule has 2 aromatic carbocycles. The van der Waals surface area contributed by atoms with Crippen LogP contribution < -0.4 is 5.32 Å². The minimum absolute atomic E-state index is 0.0616. The van der Waals surface area contributed by atoms with E-state index in [-0.39, 0.29) is 11.6 Å². The number of halogens is 1. The van der Waals surface area contributed by atoms with Gasteiger partial charge in [0.15, 0.2) is 5.78 Å². The number of hydrogen-bond donors (Lipinski definition) is 1. The van der Waals surface area contributed by atoms with Gasteiger partial charge in [-0.3, -0.25) is 9.59 Å². The summed E-state index contributed by atoms with van der Waals surface area (Å²) in [5.41, 5.74) is 4.87. The predicted octanol–water partition coefficient (Wildman–Crippen LogP) is 3.95. The Morgan fingerprint density at radius 3 is 2.64 bits per heavy atom. The Bertz CT molecular complexity index is 822. The number of carbonyl (C=O) groups excluding carboxylic acids is 2. The number of anilines is 1. The molecule has 1 heterocycles. The lowest BCUT2D eigenvalue weighted by Crippen LogP contribution is -2.09. The van der Waals surface area contributed by atoms with E-state index in [9.17, 15) is 9.59 Å². The lowest BCUT2D eigenvalue weighted by atomic mass is 10.0. The van der Waals surface area contributed by atoms with Gasteiger partial charge in [0.2, 0.25) is 5.78 Å². The van der Waals surface area contributed by atoms with E-state index < -0.39 is 0 Å². The molecule has 1 aliphatic carbocycles. The number of rotatable bonds is 0. The molecule has 0 bridgehead atoms. The average molecular weight is 310 g/mol. The van der Waals surface area contributed by atoms with Crippen LogP contribution in [-0.2, 0) is 6.42 Å². The molecule has 0 spiro atoms. The maximum Gasteiger partial charge on any atom is 0.211 e. The van der Waals surface area contributed by atoms with Crippen LogP contribution in [0.25, 0.3) is 0 Å². The number of allylic oxidation sites excluding steroid dienone is 2. The first-order valence-electron chi connectivity index (χ1n) is 7.03. The van der Waals surface area contributed by atoms with Gasteiger partial charge in [-0.25, -0.2) is 0 Å². The Balaban J connectivity index is 1.82. The van der Waals surface area contributed by atoms with Crippen LogP contribution in [0.3, 0.4) is 0 Å². The zero-order valence-electron chi connectivity index (χ0n) is 11.9. The lowest BCUT2D eigenvalue weighted by molar-refractivity contribution is 0.101. The van der Waals surface area contributed by atoms with Crippen molar-refractivity contribution < 1.29 is 9.59 Å². The summed E-state index contributed by atoms with van der Waals surface area (Å²) >= 11 is 5.95. The van der Waals surface area contributed by atoms with Crippen molar-refractivity contribution in [2.24, 2.45) is 0 Å². The molecule has 1 aliphatic heterocycles. The first-order chi connectivity index (χ1) is 10.5. The normalized spacial score (nSPS) is 19.2. The minimum Gasteiger partial charge on any atom is -0.351 e. The monoisotopic (exact) mass is 309 g/mol. The topological polar surface area (TPSA) is 46.2 Å². The molecular weight excluding hydrogens is 298 g/mol. The molecule has 0 aromatic heterocycles. The Labute approximate surface area is 132 Å². The van der Waals surface area contributed by atoms with Crippen LogP contribution >= 0.6 is 11.6 Å². The zero-order valence-corrected chi connectivity index (χ0v) is 12.6. The molecule has 0 saturated heterocycles. The lowest BCUT2D eigenvalue weighted by Gasteiger charge is -2.02. The molecule has 4 rings (SSSR count). The molecule has 2 aliphatic rings. The van der Waals surface area contributed by atoms with Crippen LogP contribution in [-0.4, -0.2) is 11.6 Å². The van der Waals surface area contributed by atoms with E-state index in [0.29, 0.717) is 39.5 Å². The van der Waals surface area contributed by atoms with Gasteiger partial charge in [-0.15, -0.1) is 0 Å². The highest BCUT2D eigenvalue weighted by atomic mass is 35.5. The number of nitrogens with one attached hydrogen (secondary N) is 1. The molecule has 0 fully saturated rings. The molecule has 1 N–H and O–H groups in total. The van der Waals surface area contributed by atoms with Crippen molar-refractivity contribution in [3.63, 3.8) is 0 Å². The number of Topliss-reactive ketones (excluding diaryl/α,β-unsaturated/α-hetero) is 2. The van der Waals surface area contributed by atoms with Crippen LogP contribution in [0.1, 0.15) is 31.8 Å². The SMILES string of the molecule is Cc1ccc2c(c1)C(=O)/C(=C1\Nc3ccc(Cl)cc3C1=O)C2. The van der Waals surface area contributed by atoms with E-state index >= 15 is 0 Å². The van der Waals surface area contributed by atoms with Crippen LogP contribution in [0, 0.1) is 6.92 Å². The molecular formula is C18H12ClNO2. The van der Waals surface area contributed by atoms with Gasteiger partial charge in [0.05, 0.1) is 5.70 Å². The smallest absolute Gasteiger partial charge is 0.211 e. The Hall–Kier alpha value is -2.39. The maximum absolute atomic E-state index is 12.6. The van der Waals surface area contributed by atoms with Crippen LogP contribution in [0.15, 0.2) is 47.7 Å². The van der Waals surface area contributed by atoms with Crippen molar-refractivity contribution in [2.75, 3.05) is 5.32 Å². The zero-order chi connectivity index (χ0) is 15.4. The minimum atomic E-state index is -0.162. The molecule has 4 heteroatoms. The summed E-state index contributed by atoms with van der Waals surface area (Å²) in [7, 11) is 0. The standard InChI is InChI=1S/C18H12ClNO2/c1-9-2-3-10-7-14(17(21)12(10)6-9)16-18(22)13-8-11(19)4-5-15(13)20-16/h2-6,8,20H,7H2,1H3/b16-14-. The van der Waals surface area contributed by atoms with Crippen LogP contribution in [0.4, 0.5) is 5.69 Å². The fraction of sp³-hybridized carbons (Fsp3) is 0.111. The molecule has 0 atom stereocenters. The van der Waals surface area contributed by atoms with Gasteiger partial charge >= 0.3 is 0 Å². The number of carbonyl (C=O) groups is 2. The maximum atomic E-state index is 12.6. The summed E-state index contributed by atoms with van der Waals surface area (Å²) in [6.45, 7) is 1.95. The van der Waals surface area contributed by atoms with Gasteiger partial charge in [0.1, 0.15) is 0 Å². The number of benzene rings is 2. The van der Waals surface area contributed by atoms with Crippen LogP contribution in [0.5, 0.6) is 0 Å². The third-order valence-corrected chi connectivity index (χ3v) is 4.40. The highest BCUT2D eigenvalue weighted by Gasteiger charge is 2.34. The summed E-state index contributed by atoms with van der Waals surface area (Å²) in [5.74, 6) is -0.223. The second-order valence-corrected chi connectivity index (χ2v) is 6.10. The number of ketones is 2. The molecule has 0 unspecified atom stereocenters. The quantitative estimate of drug-likeness (QED) is 0.750. The number of fused-ring (bicyclic) bond motifs is 2. The second-order valence-electron chi connectivity index (χ2n) is 5.66. The van der Waals surface area contributed by atoms with E-state index in [4.69, 9.17) is 11.6 Å². The molecule has 0 saturated carbocycles. The van der Waals surface area contributed by atoms with E-state index in [1.54, 1.807) is 18.2 Å². The number of hydrogen-bond acceptors (Lipinski definition) is 3. The molecule has 3 nitrogen and oxygen atoms in total. The first-order valence-corrected chi connectivity index (χ1v) is 7.41. The van der Waals surface area contributed by atoms with Crippen molar-refractivity contribution in [2.45, 2.75) is 13.3 Å². The van der Waals surface area contributed by atoms with Crippen molar-refractivity contribution in [3.8, 4) is 0 Å². The molecule has 2 aromatic rings. The second kappa shape index (κ2) is 4.55. The molecule has 0 amide bonds. The van der Waals surface area contributed by atoms with Gasteiger partial charge in [0, 0.05) is 33.8 Å². The third kappa shape index (κ3) is 1.82. The summed E-state index contributed by atoms with van der Waals surface area (Å²) < 4.78 is 0. The van der Waals surface area contributed by atoms with E-state index in [2.05, 4.69) is 5.32 Å². The Morgan fingerprint density at radius 2 is 1.82 bits per heavy atom. The average Bonchev–Trinajstić information content (AvgIpc) is 2.98. The molecule has 108 valence electrons. The van der Waals surface area contributed by atoms with E-state index in [0.717, 1.165) is 11.1 Å². The van der Waals surface area contributed by atoms with E-state index in [1.165, 1.54) is 0 Å². The van der Waals surface area contributed by atoms with Gasteiger partial charge in [-0.05, 0) is 36.8 Å². The summed E-state index contributed by atoms with van der Waals surface area (Å²) in [6, 6.07) is 10.9. The summed E-state index contributed by atoms with van der Waals surface area (Å²) in [6.07, 6.45) is 0.490. The van der Waals surface area contributed by atoms with Gasteiger partial charge in [-0.1, -0.05) is 29.3 Å². The number of aryl methyl sites for hydroxylation is 1. The fourth-order valence-corrected chi connectivity index (χ4v) is 3.22. The summed E-state index contributed by atoms with van der Waals surface area (Å²) in [4.78, 5) is 25.2. The first kappa shape index (κ1) is 13.3. The van der Waals surface area contributed by atoms with Gasteiger partial charge < -0.3 is 5.32 Å². The van der Waals surface area contributed by atoms with Crippen molar-refractivity contribution in [1.29, 1.82) is 0 Å². The third-order valence-electron chi connectivity index (χ3n) is 4.17. The molecule has 0 radical (unpaired) electrons. The van der Waals surface area contributed by atoms with Crippen molar-refractivity contribution in [3.05, 3.63) is 74.9 Å². The molecule has 22 heavy (non-hydrogen) atoms. The van der Waals surface area contributed by atoms with Crippen molar-refractivity contribution >= 4 is 28.9 Å². The Kier molecular flexibility index (Phi) is 2.75. The van der Waals surface area contributed by atoms with Gasteiger partial charge in [0.25, 0.3) is 0 Å².